The van der Waals surface area contributed by atoms with Crippen LogP contribution in [-0.2, 0) is 14.6 Å². The van der Waals surface area contributed by atoms with Crippen LogP contribution >= 0.6 is 34.8 Å². The minimum atomic E-state index is -3.51. The van der Waals surface area contributed by atoms with Crippen LogP contribution in [0.25, 0.3) is 0 Å². The quantitative estimate of drug-likeness (QED) is 0.715. The van der Waals surface area contributed by atoms with E-state index < -0.39 is 21.8 Å². The number of carbonyl (C=O) groups is 2. The molecule has 0 saturated carbocycles. The highest BCUT2D eigenvalue weighted by Gasteiger charge is 2.35. The fourth-order valence-corrected chi connectivity index (χ4v) is 4.56. The summed E-state index contributed by atoms with van der Waals surface area (Å²) >= 11 is 18.1. The first kappa shape index (κ1) is 21.9. The Kier molecular flexibility index (Phi) is 6.43. The van der Waals surface area contributed by atoms with Crippen LogP contribution in [0.3, 0.4) is 0 Å². The van der Waals surface area contributed by atoms with Gasteiger partial charge in [0.05, 0.1) is 15.5 Å². The van der Waals surface area contributed by atoms with Gasteiger partial charge in [0.2, 0.25) is 5.91 Å². The summed E-state index contributed by atoms with van der Waals surface area (Å²) in [6.07, 6.45) is 2.14. The highest BCUT2D eigenvalue weighted by molar-refractivity contribution is 7.90. The van der Waals surface area contributed by atoms with E-state index in [9.17, 15) is 18.0 Å². The van der Waals surface area contributed by atoms with Crippen molar-refractivity contribution >= 4 is 62.1 Å². The van der Waals surface area contributed by atoms with E-state index in [0.29, 0.717) is 35.1 Å². The van der Waals surface area contributed by atoms with Crippen molar-refractivity contribution in [1.29, 1.82) is 0 Å². The van der Waals surface area contributed by atoms with Crippen LogP contribution in [0, 0.1) is 0 Å². The van der Waals surface area contributed by atoms with E-state index in [2.05, 4.69) is 5.32 Å². The summed E-state index contributed by atoms with van der Waals surface area (Å²) in [7, 11) is -3.51. The molecule has 3 rings (SSSR count). The molecule has 2 aromatic rings. The van der Waals surface area contributed by atoms with Crippen molar-refractivity contribution in [1.82, 2.24) is 4.90 Å². The number of nitrogens with zero attached hydrogens (tertiary/aromatic N) is 1. The van der Waals surface area contributed by atoms with Crippen molar-refractivity contribution in [3.63, 3.8) is 0 Å². The predicted octanol–water partition coefficient (Wildman–Crippen LogP) is 4.29. The third-order valence-corrected chi connectivity index (χ3v) is 6.42. The van der Waals surface area contributed by atoms with Gasteiger partial charge in [-0.25, -0.2) is 8.42 Å². The molecule has 0 aliphatic carbocycles. The molecule has 1 fully saturated rings. The number of halogens is 3. The Morgan fingerprint density at radius 2 is 1.72 bits per heavy atom. The lowest BCUT2D eigenvalue weighted by molar-refractivity contribution is -0.119. The second-order valence-corrected chi connectivity index (χ2v) is 10.0. The molecular formula is C19H17Cl3N2O4S. The van der Waals surface area contributed by atoms with Crippen LogP contribution in [0.5, 0.6) is 0 Å². The fraction of sp³-hybridized carbons (Fsp3) is 0.263. The summed E-state index contributed by atoms with van der Waals surface area (Å²) in [4.78, 5) is 27.2. The Hall–Kier alpha value is -1.80. The first-order valence-electron chi connectivity index (χ1n) is 8.64. The monoisotopic (exact) mass is 474 g/mol. The maximum atomic E-state index is 13.0. The molecule has 0 bridgehead atoms. The molecule has 6 nitrogen and oxygen atoms in total. The predicted molar refractivity (Wildman–Crippen MR) is 114 cm³/mol. The normalized spacial score (nSPS) is 16.7. The first-order valence-corrected chi connectivity index (χ1v) is 11.7. The maximum absolute atomic E-state index is 13.0. The fourth-order valence-electron chi connectivity index (χ4n) is 3.19. The number of likely N-dealkylation sites (tertiary alicyclic amines) is 1. The summed E-state index contributed by atoms with van der Waals surface area (Å²) in [5, 5.41) is 3.59. The highest BCUT2D eigenvalue weighted by atomic mass is 35.5. The second kappa shape index (κ2) is 8.52. The molecule has 1 saturated heterocycles. The number of sulfone groups is 1. The number of nitrogens with one attached hydrogen (secondary N) is 1. The molecular weight excluding hydrogens is 459 g/mol. The minimum Gasteiger partial charge on any atom is -0.327 e. The van der Waals surface area contributed by atoms with E-state index >= 15 is 0 Å². The molecule has 10 heteroatoms. The lowest BCUT2D eigenvalue weighted by Gasteiger charge is -2.24. The van der Waals surface area contributed by atoms with Crippen LogP contribution in [-0.4, -0.2) is 44.0 Å². The maximum Gasteiger partial charge on any atom is 0.256 e. The lowest BCUT2D eigenvalue weighted by Crippen LogP contribution is -2.43. The molecule has 2 aromatic carbocycles. The zero-order valence-electron chi connectivity index (χ0n) is 15.3. The van der Waals surface area contributed by atoms with Crippen molar-refractivity contribution in [2.75, 3.05) is 18.1 Å². The molecule has 0 spiro atoms. The zero-order chi connectivity index (χ0) is 21.3. The van der Waals surface area contributed by atoms with E-state index in [1.54, 1.807) is 18.2 Å². The molecule has 154 valence electrons. The molecule has 29 heavy (non-hydrogen) atoms. The molecule has 1 N–H and O–H groups in total. The van der Waals surface area contributed by atoms with Crippen molar-refractivity contribution in [2.45, 2.75) is 23.8 Å². The Morgan fingerprint density at radius 3 is 2.34 bits per heavy atom. The number of benzene rings is 2. The third-order valence-electron chi connectivity index (χ3n) is 4.54. The van der Waals surface area contributed by atoms with Crippen LogP contribution in [0.2, 0.25) is 15.1 Å². The molecule has 2 amide bonds. The van der Waals surface area contributed by atoms with Crippen molar-refractivity contribution in [2.24, 2.45) is 0 Å². The summed E-state index contributed by atoms with van der Waals surface area (Å²) in [6, 6.07) is 7.87. The largest absolute Gasteiger partial charge is 0.327 e. The average Bonchev–Trinajstić information content (AvgIpc) is 3.09. The van der Waals surface area contributed by atoms with Crippen molar-refractivity contribution in [3.8, 4) is 0 Å². The van der Waals surface area contributed by atoms with Crippen LogP contribution in [0.4, 0.5) is 5.69 Å². The summed E-state index contributed by atoms with van der Waals surface area (Å²) in [5.74, 6) is -0.883. The van der Waals surface area contributed by atoms with Gasteiger partial charge in [-0.05, 0) is 49.2 Å². The van der Waals surface area contributed by atoms with Gasteiger partial charge in [0.1, 0.15) is 6.04 Å². The van der Waals surface area contributed by atoms with Gasteiger partial charge in [0, 0.05) is 28.5 Å². The second-order valence-electron chi connectivity index (χ2n) is 6.72. The van der Waals surface area contributed by atoms with E-state index in [1.165, 1.54) is 23.1 Å². The summed E-state index contributed by atoms with van der Waals surface area (Å²) < 4.78 is 23.6. The van der Waals surface area contributed by atoms with Gasteiger partial charge in [-0.3, -0.25) is 9.59 Å². The van der Waals surface area contributed by atoms with Gasteiger partial charge in [-0.15, -0.1) is 0 Å². The van der Waals surface area contributed by atoms with Crippen LogP contribution in [0.15, 0.2) is 41.3 Å². The van der Waals surface area contributed by atoms with Crippen molar-refractivity contribution < 1.29 is 18.0 Å². The SMILES string of the molecule is CS(=O)(=O)c1ccc(Cl)c(C(=O)N2CCCC2C(=O)Nc2cc(Cl)cc(Cl)c2)c1. The number of hydrogen-bond acceptors (Lipinski definition) is 4. The van der Waals surface area contributed by atoms with Crippen molar-refractivity contribution in [3.05, 3.63) is 57.0 Å². The Labute approximate surface area is 183 Å². The third kappa shape index (κ3) is 5.04. The first-order chi connectivity index (χ1) is 13.6. The van der Waals surface area contributed by atoms with Gasteiger partial charge in [0.15, 0.2) is 9.84 Å². The molecule has 1 unspecified atom stereocenters. The number of hydrogen-bond donors (Lipinski definition) is 1. The van der Waals surface area contributed by atoms with E-state index in [4.69, 9.17) is 34.8 Å². The van der Waals surface area contributed by atoms with Gasteiger partial charge < -0.3 is 10.2 Å². The summed E-state index contributed by atoms with van der Waals surface area (Å²) in [5.41, 5.74) is 0.462. The van der Waals surface area contributed by atoms with E-state index in [-0.39, 0.29) is 21.4 Å². The molecule has 0 aromatic heterocycles. The standard InChI is InChI=1S/C19H17Cl3N2O4S/c1-29(27,28)14-4-5-16(22)15(10-14)19(26)24-6-2-3-17(24)18(25)23-13-8-11(20)7-12(21)9-13/h4-5,7-10,17H,2-3,6H2,1H3,(H,23,25). The number of carbonyl (C=O) groups excluding carboxylic acids is 2. The van der Waals surface area contributed by atoms with Gasteiger partial charge in [0.25, 0.3) is 5.91 Å². The Balaban J connectivity index is 1.85. The minimum absolute atomic E-state index is 0.0148. The molecule has 0 radical (unpaired) electrons. The smallest absolute Gasteiger partial charge is 0.256 e. The van der Waals surface area contributed by atoms with Crippen LogP contribution < -0.4 is 5.32 Å². The highest BCUT2D eigenvalue weighted by Crippen LogP contribution is 2.28. The molecule has 1 aliphatic rings. The average molecular weight is 476 g/mol. The number of rotatable bonds is 4. The Morgan fingerprint density at radius 1 is 1.07 bits per heavy atom. The topological polar surface area (TPSA) is 83.6 Å². The van der Waals surface area contributed by atoms with Gasteiger partial charge in [-0.2, -0.15) is 0 Å². The molecule has 1 aliphatic heterocycles. The van der Waals surface area contributed by atoms with E-state index in [0.717, 1.165) is 6.26 Å². The molecule has 1 heterocycles. The van der Waals surface area contributed by atoms with E-state index in [1.807, 2.05) is 0 Å². The van der Waals surface area contributed by atoms with Gasteiger partial charge >= 0.3 is 0 Å². The zero-order valence-corrected chi connectivity index (χ0v) is 18.4. The molecule has 1 atom stereocenters. The Bertz CT molecular complexity index is 1070. The number of amides is 2. The lowest BCUT2D eigenvalue weighted by atomic mass is 10.1. The van der Waals surface area contributed by atoms with Crippen LogP contribution in [0.1, 0.15) is 23.2 Å². The van der Waals surface area contributed by atoms with Gasteiger partial charge in [-0.1, -0.05) is 34.8 Å². The summed E-state index contributed by atoms with van der Waals surface area (Å²) in [6.45, 7) is 0.354. The number of anilines is 1.